The van der Waals surface area contributed by atoms with Gasteiger partial charge in [0.1, 0.15) is 5.69 Å². The predicted octanol–water partition coefficient (Wildman–Crippen LogP) is 5.33. The number of hydrogen-bond acceptors (Lipinski definition) is 4. The molecule has 32 heavy (non-hydrogen) atoms. The number of halogens is 1. The van der Waals surface area contributed by atoms with Gasteiger partial charge in [-0.1, -0.05) is 43.5 Å². The lowest BCUT2D eigenvalue weighted by atomic mass is 10.0. The van der Waals surface area contributed by atoms with E-state index in [2.05, 4.69) is 19.1 Å². The van der Waals surface area contributed by atoms with Crippen LogP contribution in [0.25, 0.3) is 11.3 Å². The molecule has 2 heterocycles. The second-order valence-corrected chi connectivity index (χ2v) is 8.39. The zero-order valence-electron chi connectivity index (χ0n) is 17.8. The minimum absolute atomic E-state index is 0.0626. The van der Waals surface area contributed by atoms with E-state index in [4.69, 9.17) is 22.0 Å². The molecule has 0 spiro atoms. The number of benzene rings is 2. The fraction of sp³-hybridized carbons (Fsp3) is 0.280. The molecular weight excluding hydrogens is 422 g/mol. The van der Waals surface area contributed by atoms with E-state index in [-0.39, 0.29) is 11.9 Å². The SMILES string of the molecule is CCCCC1CN(Cc2ccc(C#N)cc2)C(=O)c2cc(-c3ccc(Cl)cc3C#N)nn21. The Morgan fingerprint density at radius 3 is 2.59 bits per heavy atom. The number of nitriles is 2. The number of rotatable bonds is 6. The highest BCUT2D eigenvalue weighted by Gasteiger charge is 2.33. The molecule has 1 aliphatic heterocycles. The smallest absolute Gasteiger partial charge is 0.272 e. The number of aromatic nitrogens is 2. The first-order valence-corrected chi connectivity index (χ1v) is 11.0. The molecule has 0 saturated carbocycles. The Labute approximate surface area is 192 Å². The molecule has 0 N–H and O–H groups in total. The first kappa shape index (κ1) is 21.6. The zero-order chi connectivity index (χ0) is 22.7. The number of hydrogen-bond donors (Lipinski definition) is 0. The summed E-state index contributed by atoms with van der Waals surface area (Å²) in [5, 5.41) is 23.8. The van der Waals surface area contributed by atoms with E-state index in [1.54, 1.807) is 36.4 Å². The van der Waals surface area contributed by atoms with Crippen molar-refractivity contribution in [1.29, 1.82) is 10.5 Å². The number of carbonyl (C=O) groups is 1. The molecule has 1 amide bonds. The topological polar surface area (TPSA) is 85.7 Å². The third-order valence-corrected chi connectivity index (χ3v) is 5.98. The molecule has 160 valence electrons. The van der Waals surface area contributed by atoms with Crippen molar-refractivity contribution in [3.63, 3.8) is 0 Å². The van der Waals surface area contributed by atoms with E-state index >= 15 is 0 Å². The molecule has 0 saturated heterocycles. The highest BCUT2D eigenvalue weighted by molar-refractivity contribution is 6.30. The second-order valence-electron chi connectivity index (χ2n) is 7.95. The van der Waals surface area contributed by atoms with Crippen LogP contribution in [0.4, 0.5) is 0 Å². The van der Waals surface area contributed by atoms with E-state index in [1.807, 2.05) is 21.7 Å². The van der Waals surface area contributed by atoms with E-state index in [0.717, 1.165) is 24.8 Å². The van der Waals surface area contributed by atoms with Crippen molar-refractivity contribution >= 4 is 17.5 Å². The average molecular weight is 444 g/mol. The van der Waals surface area contributed by atoms with Crippen LogP contribution >= 0.6 is 11.6 Å². The number of fused-ring (bicyclic) bond motifs is 1. The largest absolute Gasteiger partial charge is 0.331 e. The molecular formula is C25H22ClN5O. The summed E-state index contributed by atoms with van der Waals surface area (Å²) in [5.41, 5.74) is 3.80. The average Bonchev–Trinajstić information content (AvgIpc) is 3.26. The Morgan fingerprint density at radius 1 is 1.12 bits per heavy atom. The standard InChI is InChI=1S/C25H22ClN5O/c1-2-3-4-21-16-30(15-18-7-5-17(13-27)6-8-18)25(32)24-12-23(29-31(21)24)22-10-9-20(26)11-19(22)14-28/h5-12,21H,2-4,15-16H2,1H3. The van der Waals surface area contributed by atoms with Crippen molar-refractivity contribution in [1.82, 2.24) is 14.7 Å². The lowest BCUT2D eigenvalue weighted by Crippen LogP contribution is -2.42. The van der Waals surface area contributed by atoms with E-state index in [9.17, 15) is 10.1 Å². The van der Waals surface area contributed by atoms with Crippen LogP contribution in [-0.4, -0.2) is 27.1 Å². The van der Waals surface area contributed by atoms with Crippen molar-refractivity contribution in [2.24, 2.45) is 0 Å². The van der Waals surface area contributed by atoms with Gasteiger partial charge in [0.25, 0.3) is 5.91 Å². The van der Waals surface area contributed by atoms with Gasteiger partial charge in [-0.15, -0.1) is 0 Å². The molecule has 7 heteroatoms. The zero-order valence-corrected chi connectivity index (χ0v) is 18.5. The summed E-state index contributed by atoms with van der Waals surface area (Å²) in [4.78, 5) is 15.2. The third-order valence-electron chi connectivity index (χ3n) is 5.74. The van der Waals surface area contributed by atoms with Gasteiger partial charge in [0.05, 0.1) is 35.0 Å². The molecule has 4 rings (SSSR count). The third kappa shape index (κ3) is 4.23. The van der Waals surface area contributed by atoms with Crippen LogP contribution < -0.4 is 0 Å². The quantitative estimate of drug-likeness (QED) is 0.515. The molecule has 1 aliphatic rings. The van der Waals surface area contributed by atoms with Crippen molar-refractivity contribution in [3.8, 4) is 23.4 Å². The molecule has 1 atom stereocenters. The van der Waals surface area contributed by atoms with Gasteiger partial charge in [-0.05, 0) is 48.4 Å². The van der Waals surface area contributed by atoms with Crippen LogP contribution in [0.3, 0.4) is 0 Å². The summed E-state index contributed by atoms with van der Waals surface area (Å²) in [6.07, 6.45) is 3.00. The molecule has 0 aliphatic carbocycles. The summed E-state index contributed by atoms with van der Waals surface area (Å²) < 4.78 is 1.83. The highest BCUT2D eigenvalue weighted by atomic mass is 35.5. The molecule has 0 bridgehead atoms. The Morgan fingerprint density at radius 2 is 1.91 bits per heavy atom. The van der Waals surface area contributed by atoms with Crippen LogP contribution in [-0.2, 0) is 6.54 Å². The summed E-state index contributed by atoms with van der Waals surface area (Å²) in [6, 6.07) is 18.5. The van der Waals surface area contributed by atoms with E-state index in [1.165, 1.54) is 0 Å². The minimum atomic E-state index is -0.0895. The molecule has 0 fully saturated rings. The summed E-state index contributed by atoms with van der Waals surface area (Å²) >= 11 is 6.05. The fourth-order valence-electron chi connectivity index (χ4n) is 4.07. The van der Waals surface area contributed by atoms with Gasteiger partial charge in [-0.25, -0.2) is 0 Å². The molecule has 0 radical (unpaired) electrons. The second kappa shape index (κ2) is 9.26. The van der Waals surface area contributed by atoms with Gasteiger partial charge in [-0.2, -0.15) is 15.6 Å². The van der Waals surface area contributed by atoms with Gasteiger partial charge < -0.3 is 4.90 Å². The molecule has 6 nitrogen and oxygen atoms in total. The monoisotopic (exact) mass is 443 g/mol. The van der Waals surface area contributed by atoms with Crippen molar-refractivity contribution in [2.75, 3.05) is 6.54 Å². The van der Waals surface area contributed by atoms with E-state index < -0.39 is 0 Å². The Bertz CT molecular complexity index is 1230. The summed E-state index contributed by atoms with van der Waals surface area (Å²) in [6.45, 7) is 3.18. The number of nitrogens with zero attached hydrogens (tertiary/aromatic N) is 5. The lowest BCUT2D eigenvalue weighted by molar-refractivity contribution is 0.0635. The van der Waals surface area contributed by atoms with Gasteiger partial charge in [0.2, 0.25) is 0 Å². The summed E-state index contributed by atoms with van der Waals surface area (Å²) in [7, 11) is 0. The van der Waals surface area contributed by atoms with Crippen molar-refractivity contribution < 1.29 is 4.79 Å². The Hall–Kier alpha value is -3.61. The van der Waals surface area contributed by atoms with Gasteiger partial charge in [0, 0.05) is 23.7 Å². The summed E-state index contributed by atoms with van der Waals surface area (Å²) in [5.74, 6) is -0.0895. The van der Waals surface area contributed by atoms with Gasteiger partial charge >= 0.3 is 0 Å². The maximum Gasteiger partial charge on any atom is 0.272 e. The maximum atomic E-state index is 13.3. The number of carbonyl (C=O) groups excluding carboxylic acids is 1. The Kier molecular flexibility index (Phi) is 6.25. The predicted molar refractivity (Wildman–Crippen MR) is 122 cm³/mol. The van der Waals surface area contributed by atoms with Crippen LogP contribution in [0.5, 0.6) is 0 Å². The van der Waals surface area contributed by atoms with Crippen LogP contribution in [0, 0.1) is 22.7 Å². The normalized spacial score (nSPS) is 15.2. The Balaban J connectivity index is 1.69. The van der Waals surface area contributed by atoms with Gasteiger partial charge in [0.15, 0.2) is 0 Å². The lowest BCUT2D eigenvalue weighted by Gasteiger charge is -2.33. The maximum absolute atomic E-state index is 13.3. The highest BCUT2D eigenvalue weighted by Crippen LogP contribution is 2.32. The van der Waals surface area contributed by atoms with E-state index in [0.29, 0.717) is 46.2 Å². The van der Waals surface area contributed by atoms with Gasteiger partial charge in [-0.3, -0.25) is 9.48 Å². The molecule has 2 aromatic carbocycles. The first-order chi connectivity index (χ1) is 15.5. The fourth-order valence-corrected chi connectivity index (χ4v) is 4.24. The van der Waals surface area contributed by atoms with Crippen molar-refractivity contribution in [3.05, 3.63) is 75.9 Å². The first-order valence-electron chi connectivity index (χ1n) is 10.6. The number of unbranched alkanes of at least 4 members (excludes halogenated alkanes) is 1. The number of amides is 1. The van der Waals surface area contributed by atoms with Crippen LogP contribution in [0.15, 0.2) is 48.5 Å². The molecule has 1 unspecified atom stereocenters. The van der Waals surface area contributed by atoms with Crippen molar-refractivity contribution in [2.45, 2.75) is 38.8 Å². The van der Waals surface area contributed by atoms with Crippen LogP contribution in [0.1, 0.15) is 59.4 Å². The molecule has 3 aromatic rings. The minimum Gasteiger partial charge on any atom is -0.331 e. The van der Waals surface area contributed by atoms with Crippen LogP contribution in [0.2, 0.25) is 5.02 Å². The molecule has 1 aromatic heterocycles.